The molecule has 1 aliphatic carbocycles. The second-order valence-corrected chi connectivity index (χ2v) is 5.19. The smallest absolute Gasteiger partial charge is 0.326 e. The Bertz CT molecular complexity index is 315. The predicted octanol–water partition coefficient (Wildman–Crippen LogP) is 1.29. The third kappa shape index (κ3) is 2.90. The van der Waals surface area contributed by atoms with Crippen LogP contribution in [0.15, 0.2) is 0 Å². The van der Waals surface area contributed by atoms with Gasteiger partial charge in [-0.2, -0.15) is 0 Å². The quantitative estimate of drug-likeness (QED) is 0.778. The summed E-state index contributed by atoms with van der Waals surface area (Å²) in [6, 6.07) is -0.853. The third-order valence-electron chi connectivity index (χ3n) is 3.80. The number of hydrogen-bond acceptors (Lipinski definition) is 2. The molecule has 0 aromatic heterocycles. The van der Waals surface area contributed by atoms with Crippen molar-refractivity contribution >= 4 is 12.0 Å². The molecule has 0 aromatic rings. The second kappa shape index (κ2) is 4.94. The summed E-state index contributed by atoms with van der Waals surface area (Å²) in [7, 11) is 0. The van der Waals surface area contributed by atoms with Gasteiger partial charge in [0.25, 0.3) is 0 Å². The van der Waals surface area contributed by atoms with E-state index in [-0.39, 0.29) is 6.03 Å². The van der Waals surface area contributed by atoms with Gasteiger partial charge in [-0.15, -0.1) is 0 Å². The van der Waals surface area contributed by atoms with Crippen molar-refractivity contribution < 1.29 is 14.7 Å². The fourth-order valence-electron chi connectivity index (χ4n) is 2.45. The molecule has 2 fully saturated rings. The van der Waals surface area contributed by atoms with Crippen LogP contribution in [0.4, 0.5) is 4.79 Å². The zero-order chi connectivity index (χ0) is 12.4. The van der Waals surface area contributed by atoms with Crippen molar-refractivity contribution in [1.29, 1.82) is 0 Å². The average Bonchev–Trinajstić information content (AvgIpc) is 3.02. The summed E-state index contributed by atoms with van der Waals surface area (Å²) in [5.74, 6) is 0.363. The molecule has 2 rings (SSSR count). The van der Waals surface area contributed by atoms with Crippen molar-refractivity contribution in [3.8, 4) is 0 Å². The van der Waals surface area contributed by atoms with Crippen LogP contribution in [0, 0.1) is 11.8 Å². The number of carboxylic acid groups (broad SMARTS) is 1. The second-order valence-electron chi connectivity index (χ2n) is 5.19. The van der Waals surface area contributed by atoms with Crippen molar-refractivity contribution in [1.82, 2.24) is 10.2 Å². The van der Waals surface area contributed by atoms with Crippen molar-refractivity contribution in [2.75, 3.05) is 13.1 Å². The summed E-state index contributed by atoms with van der Waals surface area (Å²) in [5.41, 5.74) is 0. The number of rotatable bonds is 4. The van der Waals surface area contributed by atoms with E-state index >= 15 is 0 Å². The van der Waals surface area contributed by atoms with E-state index in [4.69, 9.17) is 5.11 Å². The molecule has 5 heteroatoms. The zero-order valence-corrected chi connectivity index (χ0v) is 10.2. The Morgan fingerprint density at radius 2 is 2.12 bits per heavy atom. The molecule has 17 heavy (non-hydrogen) atoms. The molecular weight excluding hydrogens is 220 g/mol. The van der Waals surface area contributed by atoms with Gasteiger partial charge in [0.15, 0.2) is 0 Å². The molecule has 0 radical (unpaired) electrons. The Morgan fingerprint density at radius 3 is 2.71 bits per heavy atom. The summed E-state index contributed by atoms with van der Waals surface area (Å²) in [5, 5.41) is 11.8. The number of likely N-dealkylation sites (tertiary alicyclic amines) is 1. The molecule has 1 unspecified atom stereocenters. The van der Waals surface area contributed by atoms with Gasteiger partial charge in [-0.3, -0.25) is 0 Å². The number of nitrogens with zero attached hydrogens (tertiary/aromatic N) is 1. The Morgan fingerprint density at radius 1 is 1.41 bits per heavy atom. The van der Waals surface area contributed by atoms with Crippen molar-refractivity contribution in [3.63, 3.8) is 0 Å². The highest BCUT2D eigenvalue weighted by molar-refractivity contribution is 5.83. The largest absolute Gasteiger partial charge is 0.480 e. The summed E-state index contributed by atoms with van der Waals surface area (Å²) in [6.07, 6.45) is 3.88. The minimum Gasteiger partial charge on any atom is -0.480 e. The summed E-state index contributed by atoms with van der Waals surface area (Å²) < 4.78 is 0. The van der Waals surface area contributed by atoms with Gasteiger partial charge in [0.2, 0.25) is 0 Å². The highest BCUT2D eigenvalue weighted by atomic mass is 16.4. The maximum absolute atomic E-state index is 11.9. The van der Waals surface area contributed by atoms with Gasteiger partial charge in [-0.05, 0) is 37.5 Å². The molecule has 0 bridgehead atoms. The molecule has 0 aromatic carbocycles. The molecule has 1 heterocycles. The lowest BCUT2D eigenvalue weighted by molar-refractivity contribution is -0.141. The molecular formula is C12H20N2O3. The van der Waals surface area contributed by atoms with E-state index in [9.17, 15) is 9.59 Å². The topological polar surface area (TPSA) is 69.6 Å². The fraction of sp³-hybridized carbons (Fsp3) is 0.833. The van der Waals surface area contributed by atoms with Crippen LogP contribution < -0.4 is 5.32 Å². The lowest BCUT2D eigenvalue weighted by atomic mass is 10.1. The lowest BCUT2D eigenvalue weighted by Gasteiger charge is -2.23. The standard InChI is InChI=1S/C12H20N2O3/c1-8(9-4-5-9)7-13-12(17)14-6-2-3-10(14)11(15)16/h8-10H,2-7H2,1H3,(H,13,17)(H,15,16)/t8?,10-/m1/s1. The first-order chi connectivity index (χ1) is 8.09. The minimum absolute atomic E-state index is 0.220. The third-order valence-corrected chi connectivity index (χ3v) is 3.80. The number of aliphatic carboxylic acids is 1. The molecule has 5 nitrogen and oxygen atoms in total. The van der Waals surface area contributed by atoms with Gasteiger partial charge in [0.1, 0.15) is 6.04 Å². The van der Waals surface area contributed by atoms with Crippen molar-refractivity contribution in [3.05, 3.63) is 0 Å². The van der Waals surface area contributed by atoms with Gasteiger partial charge < -0.3 is 15.3 Å². The number of carboxylic acids is 1. The maximum atomic E-state index is 11.9. The molecule has 0 spiro atoms. The Balaban J connectivity index is 1.80. The number of urea groups is 1. The SMILES string of the molecule is CC(CNC(=O)N1CCC[C@@H]1C(=O)O)C1CC1. The first-order valence-electron chi connectivity index (χ1n) is 6.37. The van der Waals surface area contributed by atoms with Gasteiger partial charge in [0, 0.05) is 13.1 Å². The first-order valence-corrected chi connectivity index (χ1v) is 6.37. The van der Waals surface area contributed by atoms with E-state index in [2.05, 4.69) is 12.2 Å². The number of carbonyl (C=O) groups excluding carboxylic acids is 1. The molecule has 1 saturated carbocycles. The predicted molar refractivity (Wildman–Crippen MR) is 62.7 cm³/mol. The summed E-state index contributed by atoms with van der Waals surface area (Å²) in [6.45, 7) is 3.35. The molecule has 2 atom stereocenters. The molecule has 2 amide bonds. The minimum atomic E-state index is -0.895. The number of hydrogen-bond donors (Lipinski definition) is 2. The van der Waals surface area contributed by atoms with Crippen LogP contribution in [-0.4, -0.2) is 41.1 Å². The van der Waals surface area contributed by atoms with Crippen LogP contribution in [0.1, 0.15) is 32.6 Å². The van der Waals surface area contributed by atoms with Gasteiger partial charge in [-0.25, -0.2) is 9.59 Å². The molecule has 1 aliphatic heterocycles. The first kappa shape index (κ1) is 12.2. The number of carbonyl (C=O) groups is 2. The summed E-state index contributed by atoms with van der Waals surface area (Å²) >= 11 is 0. The van der Waals surface area contributed by atoms with Crippen molar-refractivity contribution in [2.45, 2.75) is 38.6 Å². The van der Waals surface area contributed by atoms with Gasteiger partial charge in [-0.1, -0.05) is 6.92 Å². The number of amides is 2. The molecule has 2 aliphatic rings. The molecule has 96 valence electrons. The van der Waals surface area contributed by atoms with E-state index in [1.165, 1.54) is 17.7 Å². The average molecular weight is 240 g/mol. The van der Waals surface area contributed by atoms with Crippen LogP contribution in [-0.2, 0) is 4.79 Å². The van der Waals surface area contributed by atoms with E-state index in [0.29, 0.717) is 25.4 Å². The van der Waals surface area contributed by atoms with Crippen LogP contribution in [0.5, 0.6) is 0 Å². The van der Waals surface area contributed by atoms with E-state index < -0.39 is 12.0 Å². The highest BCUT2D eigenvalue weighted by Crippen LogP contribution is 2.36. The normalized spacial score (nSPS) is 25.7. The number of nitrogens with one attached hydrogen (secondary N) is 1. The van der Waals surface area contributed by atoms with E-state index in [0.717, 1.165) is 12.3 Å². The highest BCUT2D eigenvalue weighted by Gasteiger charge is 2.34. The van der Waals surface area contributed by atoms with Crippen LogP contribution in [0.2, 0.25) is 0 Å². The van der Waals surface area contributed by atoms with Crippen molar-refractivity contribution in [2.24, 2.45) is 11.8 Å². The molecule has 1 saturated heterocycles. The van der Waals surface area contributed by atoms with E-state index in [1.807, 2.05) is 0 Å². The Kier molecular flexibility index (Phi) is 3.54. The van der Waals surface area contributed by atoms with Gasteiger partial charge in [0.05, 0.1) is 0 Å². The fourth-order valence-corrected chi connectivity index (χ4v) is 2.45. The molecule has 2 N–H and O–H groups in total. The van der Waals surface area contributed by atoms with E-state index in [1.54, 1.807) is 0 Å². The zero-order valence-electron chi connectivity index (χ0n) is 10.2. The summed E-state index contributed by atoms with van der Waals surface area (Å²) in [4.78, 5) is 24.3. The van der Waals surface area contributed by atoms with Crippen LogP contribution in [0.3, 0.4) is 0 Å². The Labute approximate surface area is 101 Å². The monoisotopic (exact) mass is 240 g/mol. The lowest BCUT2D eigenvalue weighted by Crippen LogP contribution is -2.47. The Hall–Kier alpha value is -1.26. The van der Waals surface area contributed by atoms with Crippen LogP contribution in [0.25, 0.3) is 0 Å². The maximum Gasteiger partial charge on any atom is 0.326 e. The van der Waals surface area contributed by atoms with Crippen LogP contribution >= 0.6 is 0 Å². The van der Waals surface area contributed by atoms with Gasteiger partial charge >= 0.3 is 12.0 Å².